The second-order valence-corrected chi connectivity index (χ2v) is 7.39. The van der Waals surface area contributed by atoms with Crippen molar-refractivity contribution in [2.24, 2.45) is 11.8 Å². The number of nitrogens with one attached hydrogen (secondary N) is 1. The molecule has 0 saturated heterocycles. The van der Waals surface area contributed by atoms with E-state index in [9.17, 15) is 0 Å². The van der Waals surface area contributed by atoms with E-state index >= 15 is 0 Å². The minimum absolute atomic E-state index is 0.649. The molecule has 0 radical (unpaired) electrons. The number of H-pyrrole nitrogens is 1. The molecule has 3 unspecified atom stereocenters. The van der Waals surface area contributed by atoms with Crippen LogP contribution in [-0.4, -0.2) is 9.97 Å². The van der Waals surface area contributed by atoms with Crippen LogP contribution in [-0.2, 0) is 0 Å². The van der Waals surface area contributed by atoms with Crippen LogP contribution < -0.4 is 0 Å². The Bertz CT molecular complexity index is 549. The van der Waals surface area contributed by atoms with Gasteiger partial charge in [-0.15, -0.1) is 0 Å². The van der Waals surface area contributed by atoms with Crippen LogP contribution >= 0.6 is 28.1 Å². The summed E-state index contributed by atoms with van der Waals surface area (Å²) in [6, 6.07) is 0. The minimum atomic E-state index is 0.649. The van der Waals surface area contributed by atoms with Gasteiger partial charge in [-0.1, -0.05) is 18.6 Å². The first kappa shape index (κ1) is 11.6. The van der Waals surface area contributed by atoms with Crippen LogP contribution in [0, 0.1) is 16.5 Å². The van der Waals surface area contributed by atoms with Gasteiger partial charge in [0, 0.05) is 17.5 Å². The lowest BCUT2D eigenvalue weighted by molar-refractivity contribution is 0.404. The van der Waals surface area contributed by atoms with Crippen LogP contribution in [0.2, 0.25) is 0 Å². The smallest absolute Gasteiger partial charge is 0.144 e. The van der Waals surface area contributed by atoms with Gasteiger partial charge in [0.25, 0.3) is 0 Å². The van der Waals surface area contributed by atoms with Gasteiger partial charge in [-0.2, -0.15) is 0 Å². The third kappa shape index (κ3) is 1.80. The zero-order valence-electron chi connectivity index (χ0n) is 10.3. The average Bonchev–Trinajstić information content (AvgIpc) is 2.99. The van der Waals surface area contributed by atoms with Gasteiger partial charge in [0.1, 0.15) is 10.5 Å². The molecule has 1 N–H and O–H groups in total. The Morgan fingerprint density at radius 1 is 1.17 bits per heavy atom. The molecule has 0 aliphatic heterocycles. The van der Waals surface area contributed by atoms with Crippen molar-refractivity contribution in [2.45, 2.75) is 50.4 Å². The molecule has 3 fully saturated rings. The quantitative estimate of drug-likeness (QED) is 0.800. The van der Waals surface area contributed by atoms with Crippen LogP contribution in [0.25, 0.3) is 0 Å². The number of fused-ring (bicyclic) bond motifs is 2. The largest absolute Gasteiger partial charge is 0.346 e. The van der Waals surface area contributed by atoms with Crippen molar-refractivity contribution in [1.82, 2.24) is 9.97 Å². The first-order chi connectivity index (χ1) is 8.72. The highest BCUT2D eigenvalue weighted by molar-refractivity contribution is 9.10. The molecule has 1 aromatic heterocycles. The maximum atomic E-state index is 5.42. The molecule has 1 heterocycles. The Kier molecular flexibility index (Phi) is 2.66. The van der Waals surface area contributed by atoms with Crippen molar-refractivity contribution in [3.63, 3.8) is 0 Å². The van der Waals surface area contributed by atoms with Crippen molar-refractivity contribution in [1.29, 1.82) is 0 Å². The molecule has 1 aromatic rings. The fraction of sp³-hybridized carbons (Fsp3) is 0.714. The van der Waals surface area contributed by atoms with Gasteiger partial charge in [-0.25, -0.2) is 4.98 Å². The molecule has 2 bridgehead atoms. The highest BCUT2D eigenvalue weighted by atomic mass is 79.9. The van der Waals surface area contributed by atoms with Gasteiger partial charge in [0.05, 0.1) is 4.47 Å². The predicted molar refractivity (Wildman–Crippen MR) is 77.3 cm³/mol. The second kappa shape index (κ2) is 4.14. The fourth-order valence-electron chi connectivity index (χ4n) is 3.90. The van der Waals surface area contributed by atoms with Crippen molar-refractivity contribution < 1.29 is 0 Å². The molecule has 0 spiro atoms. The van der Waals surface area contributed by atoms with E-state index in [4.69, 9.17) is 12.2 Å². The number of halogens is 1. The van der Waals surface area contributed by atoms with Crippen molar-refractivity contribution in [3.8, 4) is 0 Å². The van der Waals surface area contributed by atoms with Crippen LogP contribution in [0.1, 0.15) is 61.9 Å². The molecule has 3 saturated carbocycles. The van der Waals surface area contributed by atoms with Gasteiger partial charge >= 0.3 is 0 Å². The molecular formula is C14H17BrN2S. The van der Waals surface area contributed by atoms with Gasteiger partial charge in [-0.3, -0.25) is 0 Å². The monoisotopic (exact) mass is 324 g/mol. The summed E-state index contributed by atoms with van der Waals surface area (Å²) in [5.41, 5.74) is 1.31. The summed E-state index contributed by atoms with van der Waals surface area (Å²) < 4.78 is 1.79. The van der Waals surface area contributed by atoms with Gasteiger partial charge in [0.2, 0.25) is 0 Å². The maximum Gasteiger partial charge on any atom is 0.144 e. The Morgan fingerprint density at radius 3 is 2.61 bits per heavy atom. The lowest BCUT2D eigenvalue weighted by atomic mass is 9.88. The summed E-state index contributed by atoms with van der Waals surface area (Å²) in [5, 5.41) is 0. The molecule has 96 valence electrons. The summed E-state index contributed by atoms with van der Waals surface area (Å²) in [7, 11) is 0. The highest BCUT2D eigenvalue weighted by Crippen LogP contribution is 2.52. The molecule has 3 atom stereocenters. The number of hydrogen-bond donors (Lipinski definition) is 1. The van der Waals surface area contributed by atoms with E-state index in [0.717, 1.165) is 20.9 Å². The molecule has 3 aliphatic carbocycles. The zero-order valence-corrected chi connectivity index (χ0v) is 12.7. The fourth-order valence-corrected chi connectivity index (χ4v) is 4.62. The van der Waals surface area contributed by atoms with Crippen LogP contribution in [0.4, 0.5) is 0 Å². The normalized spacial score (nSPS) is 34.2. The molecule has 0 aromatic carbocycles. The minimum Gasteiger partial charge on any atom is -0.346 e. The van der Waals surface area contributed by atoms with Crippen LogP contribution in [0.15, 0.2) is 4.47 Å². The third-order valence-corrected chi connectivity index (χ3v) is 6.34. The number of aromatic amines is 1. The van der Waals surface area contributed by atoms with E-state index in [1.54, 1.807) is 0 Å². The summed E-state index contributed by atoms with van der Waals surface area (Å²) in [6.45, 7) is 0. The topological polar surface area (TPSA) is 28.7 Å². The molecule has 4 rings (SSSR count). The van der Waals surface area contributed by atoms with E-state index in [0.29, 0.717) is 11.8 Å². The molecule has 4 heteroatoms. The van der Waals surface area contributed by atoms with E-state index in [-0.39, 0.29) is 0 Å². The molecule has 2 nitrogen and oxygen atoms in total. The van der Waals surface area contributed by atoms with E-state index in [1.807, 2.05) is 0 Å². The SMILES string of the molecule is S=c1nc(C2CC3CCC2C3)[nH]c(C2CC2)c1Br. The predicted octanol–water partition coefficient (Wildman–Crippen LogP) is 4.68. The van der Waals surface area contributed by atoms with E-state index < -0.39 is 0 Å². The summed E-state index contributed by atoms with van der Waals surface area (Å²) >= 11 is 9.03. The number of rotatable bonds is 2. The zero-order chi connectivity index (χ0) is 12.3. The number of hydrogen-bond acceptors (Lipinski definition) is 2. The highest BCUT2D eigenvalue weighted by Gasteiger charge is 2.41. The van der Waals surface area contributed by atoms with Crippen molar-refractivity contribution in [3.05, 3.63) is 20.6 Å². The molecule has 3 aliphatic rings. The van der Waals surface area contributed by atoms with Crippen LogP contribution in [0.5, 0.6) is 0 Å². The van der Waals surface area contributed by atoms with Gasteiger partial charge in [0.15, 0.2) is 0 Å². The summed E-state index contributed by atoms with van der Waals surface area (Å²) in [6.07, 6.45) is 8.17. The average molecular weight is 325 g/mol. The lowest BCUT2D eigenvalue weighted by Crippen LogP contribution is -2.13. The standard InChI is InChI=1S/C14H17BrN2S/c15-11-12(8-3-4-8)16-13(17-14(11)18)10-6-7-1-2-9(10)5-7/h7-10H,1-6H2,(H,16,17,18). The Labute approximate surface area is 121 Å². The van der Waals surface area contributed by atoms with E-state index in [2.05, 4.69) is 25.9 Å². The number of nitrogens with zero attached hydrogens (tertiary/aromatic N) is 1. The summed E-state index contributed by atoms with van der Waals surface area (Å²) in [4.78, 5) is 8.27. The maximum absolute atomic E-state index is 5.42. The lowest BCUT2D eigenvalue weighted by Gasteiger charge is -2.21. The van der Waals surface area contributed by atoms with Crippen molar-refractivity contribution >= 4 is 28.1 Å². The number of aromatic nitrogens is 2. The van der Waals surface area contributed by atoms with Gasteiger partial charge < -0.3 is 4.98 Å². The summed E-state index contributed by atoms with van der Waals surface area (Å²) in [5.74, 6) is 4.34. The first-order valence-electron chi connectivity index (χ1n) is 7.02. The Hall–Kier alpha value is -0.220. The second-order valence-electron chi connectivity index (χ2n) is 6.21. The van der Waals surface area contributed by atoms with Crippen LogP contribution in [0.3, 0.4) is 0 Å². The van der Waals surface area contributed by atoms with Gasteiger partial charge in [-0.05, 0) is 59.9 Å². The third-order valence-electron chi connectivity index (χ3n) is 4.98. The first-order valence-corrected chi connectivity index (χ1v) is 8.22. The molecule has 0 amide bonds. The molecular weight excluding hydrogens is 308 g/mol. The van der Waals surface area contributed by atoms with E-state index in [1.165, 1.54) is 50.0 Å². The van der Waals surface area contributed by atoms with Crippen molar-refractivity contribution in [2.75, 3.05) is 0 Å². The Balaban J connectivity index is 1.74. The Morgan fingerprint density at radius 2 is 2.00 bits per heavy atom. The molecule has 18 heavy (non-hydrogen) atoms.